The molecule has 180 valence electrons. The number of hydrogen-bond acceptors (Lipinski definition) is 7. The highest BCUT2D eigenvalue weighted by Gasteiger charge is 2.18. The highest BCUT2D eigenvalue weighted by molar-refractivity contribution is 6.30. The zero-order valence-electron chi connectivity index (χ0n) is 19.5. The van der Waals surface area contributed by atoms with Crippen molar-refractivity contribution >= 4 is 22.6 Å². The molecule has 0 unspecified atom stereocenters. The summed E-state index contributed by atoms with van der Waals surface area (Å²) in [6.07, 6.45) is 0. The molecule has 7 nitrogen and oxygen atoms in total. The van der Waals surface area contributed by atoms with E-state index in [1.807, 2.05) is 37.3 Å². The molecular weight excluding hydrogens is 472 g/mol. The van der Waals surface area contributed by atoms with Gasteiger partial charge in [0.15, 0.2) is 18.3 Å². The monoisotopic (exact) mass is 494 g/mol. The normalized spacial score (nSPS) is 12.7. The van der Waals surface area contributed by atoms with Crippen molar-refractivity contribution in [3.8, 4) is 34.1 Å². The van der Waals surface area contributed by atoms with Gasteiger partial charge < -0.3 is 28.1 Å². The first kappa shape index (κ1) is 23.1. The van der Waals surface area contributed by atoms with Gasteiger partial charge in [0, 0.05) is 27.6 Å². The molecular formula is C27H23ClO7. The molecule has 4 aromatic rings. The number of fused-ring (bicyclic) bond motifs is 2. The van der Waals surface area contributed by atoms with Crippen LogP contribution in [0.4, 0.5) is 0 Å². The number of halogens is 1. The molecule has 0 aliphatic carbocycles. The van der Waals surface area contributed by atoms with Crippen LogP contribution in [-0.2, 0) is 18.0 Å². The van der Waals surface area contributed by atoms with Crippen LogP contribution >= 0.6 is 11.6 Å². The number of aryl methyl sites for hydroxylation is 1. The van der Waals surface area contributed by atoms with Crippen LogP contribution in [0.2, 0.25) is 5.02 Å². The van der Waals surface area contributed by atoms with Gasteiger partial charge in [0.05, 0.1) is 26.4 Å². The zero-order chi connectivity index (χ0) is 24.5. The Bertz CT molecular complexity index is 1480. The van der Waals surface area contributed by atoms with Crippen molar-refractivity contribution in [2.24, 2.45) is 0 Å². The Morgan fingerprint density at radius 1 is 1.00 bits per heavy atom. The van der Waals surface area contributed by atoms with Crippen molar-refractivity contribution in [1.82, 2.24) is 0 Å². The summed E-state index contributed by atoms with van der Waals surface area (Å²) in [5.74, 6) is 2.40. The molecule has 1 aromatic heterocycles. The lowest BCUT2D eigenvalue weighted by atomic mass is 9.99. The van der Waals surface area contributed by atoms with Crippen molar-refractivity contribution in [1.29, 1.82) is 0 Å². The third-order valence-electron chi connectivity index (χ3n) is 5.96. The van der Waals surface area contributed by atoms with E-state index >= 15 is 0 Å². The van der Waals surface area contributed by atoms with E-state index < -0.39 is 5.63 Å². The van der Waals surface area contributed by atoms with Gasteiger partial charge in [0.25, 0.3) is 0 Å². The predicted molar refractivity (Wildman–Crippen MR) is 132 cm³/mol. The fourth-order valence-electron chi connectivity index (χ4n) is 4.28. The topological polar surface area (TPSA) is 76.4 Å². The van der Waals surface area contributed by atoms with Gasteiger partial charge in [0.2, 0.25) is 0 Å². The van der Waals surface area contributed by atoms with Gasteiger partial charge >= 0.3 is 5.63 Å². The summed E-state index contributed by atoms with van der Waals surface area (Å²) in [5.41, 5.74) is 3.64. The van der Waals surface area contributed by atoms with Crippen LogP contribution in [0.25, 0.3) is 22.1 Å². The van der Waals surface area contributed by atoms with E-state index in [4.69, 9.17) is 39.7 Å². The van der Waals surface area contributed by atoms with Gasteiger partial charge in [-0.05, 0) is 54.4 Å². The molecule has 0 fully saturated rings. The minimum Gasteiger partial charge on any atom is -0.493 e. The Hall–Kier alpha value is -3.68. The summed E-state index contributed by atoms with van der Waals surface area (Å²) in [5, 5.41) is 1.39. The predicted octanol–water partition coefficient (Wildman–Crippen LogP) is 5.88. The lowest BCUT2D eigenvalue weighted by molar-refractivity contribution is -0.0175. The van der Waals surface area contributed by atoms with Gasteiger partial charge in [-0.1, -0.05) is 17.7 Å². The van der Waals surface area contributed by atoms with Crippen LogP contribution < -0.4 is 24.6 Å². The maximum Gasteiger partial charge on any atom is 0.344 e. The van der Waals surface area contributed by atoms with E-state index in [0.717, 1.165) is 27.8 Å². The third kappa shape index (κ3) is 4.40. The Labute approximate surface area is 206 Å². The Kier molecular flexibility index (Phi) is 6.28. The van der Waals surface area contributed by atoms with Gasteiger partial charge in [0.1, 0.15) is 23.7 Å². The molecule has 0 saturated heterocycles. The van der Waals surface area contributed by atoms with Crippen LogP contribution in [0.1, 0.15) is 16.7 Å². The molecule has 8 heteroatoms. The molecule has 0 spiro atoms. The first-order chi connectivity index (χ1) is 17.0. The van der Waals surface area contributed by atoms with Crippen molar-refractivity contribution in [3.63, 3.8) is 0 Å². The lowest BCUT2D eigenvalue weighted by Gasteiger charge is -2.21. The highest BCUT2D eigenvalue weighted by atomic mass is 35.5. The van der Waals surface area contributed by atoms with Gasteiger partial charge in [-0.15, -0.1) is 0 Å². The SMILES string of the molecule is COc1ccc(-c2c(C)c3ccc(OCc4cc(Cl)cc5c4OCOC5)cc3oc2=O)cc1OC. The second-order valence-corrected chi connectivity index (χ2v) is 8.51. The molecule has 0 amide bonds. The molecule has 0 radical (unpaired) electrons. The smallest absolute Gasteiger partial charge is 0.344 e. The largest absolute Gasteiger partial charge is 0.493 e. The molecule has 0 bridgehead atoms. The summed E-state index contributed by atoms with van der Waals surface area (Å²) in [7, 11) is 3.12. The maximum atomic E-state index is 13.0. The first-order valence-electron chi connectivity index (χ1n) is 10.9. The van der Waals surface area contributed by atoms with Gasteiger partial charge in [-0.2, -0.15) is 0 Å². The highest BCUT2D eigenvalue weighted by Crippen LogP contribution is 2.35. The van der Waals surface area contributed by atoms with Crippen molar-refractivity contribution in [3.05, 3.63) is 80.7 Å². The average molecular weight is 495 g/mol. The number of hydrogen-bond donors (Lipinski definition) is 0. The maximum absolute atomic E-state index is 13.0. The van der Waals surface area contributed by atoms with E-state index in [-0.39, 0.29) is 13.4 Å². The Morgan fingerprint density at radius 2 is 1.83 bits per heavy atom. The zero-order valence-corrected chi connectivity index (χ0v) is 20.2. The molecule has 0 atom stereocenters. The van der Waals surface area contributed by atoms with Crippen molar-refractivity contribution in [2.75, 3.05) is 21.0 Å². The standard InChI is InChI=1S/C27H23ClO7/c1-15-21-6-5-20(33-13-18-9-19(28)8-17-12-32-14-34-26(17)18)11-23(21)35-27(29)25(15)16-4-7-22(30-2)24(10-16)31-3/h4-11H,12-14H2,1-3H3. The van der Waals surface area contributed by atoms with Crippen molar-refractivity contribution < 1.29 is 28.1 Å². The molecule has 1 aliphatic rings. The number of methoxy groups -OCH3 is 2. The number of rotatable bonds is 6. The summed E-state index contributed by atoms with van der Waals surface area (Å²) >= 11 is 6.25. The van der Waals surface area contributed by atoms with E-state index in [1.54, 1.807) is 32.4 Å². The first-order valence-corrected chi connectivity index (χ1v) is 11.3. The van der Waals surface area contributed by atoms with E-state index in [9.17, 15) is 4.79 Å². The molecule has 0 saturated carbocycles. The molecule has 0 N–H and O–H groups in total. The fourth-order valence-corrected chi connectivity index (χ4v) is 4.54. The van der Waals surface area contributed by atoms with Gasteiger partial charge in [-0.3, -0.25) is 0 Å². The summed E-state index contributed by atoms with van der Waals surface area (Å²) in [4.78, 5) is 13.0. The minimum absolute atomic E-state index is 0.185. The van der Waals surface area contributed by atoms with Crippen LogP contribution in [-0.4, -0.2) is 21.0 Å². The number of benzene rings is 3. The molecule has 1 aliphatic heterocycles. The van der Waals surface area contributed by atoms with E-state index in [2.05, 4.69) is 0 Å². The number of ether oxygens (including phenoxy) is 5. The molecule has 2 heterocycles. The van der Waals surface area contributed by atoms with Crippen LogP contribution in [0.5, 0.6) is 23.0 Å². The van der Waals surface area contributed by atoms with Crippen molar-refractivity contribution in [2.45, 2.75) is 20.1 Å². The lowest BCUT2D eigenvalue weighted by Crippen LogP contribution is -2.14. The third-order valence-corrected chi connectivity index (χ3v) is 6.18. The second-order valence-electron chi connectivity index (χ2n) is 8.07. The summed E-state index contributed by atoms with van der Waals surface area (Å²) in [6, 6.07) is 14.4. The fraction of sp³-hybridized carbons (Fsp3) is 0.222. The van der Waals surface area contributed by atoms with E-state index in [1.165, 1.54) is 0 Å². The summed E-state index contributed by atoms with van der Waals surface area (Å²) < 4.78 is 33.4. The van der Waals surface area contributed by atoms with Gasteiger partial charge in [-0.25, -0.2) is 4.79 Å². The molecule has 3 aromatic carbocycles. The second kappa shape index (κ2) is 9.52. The Balaban J connectivity index is 1.46. The summed E-state index contributed by atoms with van der Waals surface area (Å²) in [6.45, 7) is 2.75. The minimum atomic E-state index is -0.448. The van der Waals surface area contributed by atoms with Crippen LogP contribution in [0.3, 0.4) is 0 Å². The Morgan fingerprint density at radius 3 is 2.63 bits per heavy atom. The van der Waals surface area contributed by atoms with Crippen LogP contribution in [0, 0.1) is 6.92 Å². The van der Waals surface area contributed by atoms with E-state index in [0.29, 0.717) is 45.6 Å². The molecule has 35 heavy (non-hydrogen) atoms. The average Bonchev–Trinajstić information content (AvgIpc) is 2.86. The molecule has 5 rings (SSSR count). The quantitative estimate of drug-likeness (QED) is 0.309. The van der Waals surface area contributed by atoms with Crippen LogP contribution in [0.15, 0.2) is 57.7 Å².